The molecule has 0 amide bonds. The largest absolute Gasteiger partial charge is 0.298 e. The molecule has 1 saturated heterocycles. The summed E-state index contributed by atoms with van der Waals surface area (Å²) in [6.45, 7) is 10.0. The average molecular weight is 376 g/mol. The zero-order valence-electron chi connectivity index (χ0n) is 16.4. The van der Waals surface area contributed by atoms with Crippen molar-refractivity contribution in [1.82, 2.24) is 14.7 Å². The van der Waals surface area contributed by atoms with Gasteiger partial charge in [0.1, 0.15) is 0 Å². The van der Waals surface area contributed by atoms with E-state index in [2.05, 4.69) is 56.0 Å². The molecule has 1 aromatic carbocycles. The van der Waals surface area contributed by atoms with E-state index in [1.165, 1.54) is 22.3 Å². The first-order chi connectivity index (χ1) is 12.1. The van der Waals surface area contributed by atoms with Gasteiger partial charge >= 0.3 is 0 Å². The Kier molecular flexibility index (Phi) is 5.26. The van der Waals surface area contributed by atoms with Crippen molar-refractivity contribution in [3.63, 3.8) is 0 Å². The lowest BCUT2D eigenvalue weighted by Crippen LogP contribution is -2.19. The van der Waals surface area contributed by atoms with Gasteiger partial charge in [-0.3, -0.25) is 9.58 Å². The molecule has 26 heavy (non-hydrogen) atoms. The van der Waals surface area contributed by atoms with Crippen molar-refractivity contribution in [3.8, 4) is 0 Å². The van der Waals surface area contributed by atoms with Crippen LogP contribution < -0.4 is 0 Å². The molecule has 6 heteroatoms. The van der Waals surface area contributed by atoms with Gasteiger partial charge in [-0.15, -0.1) is 0 Å². The van der Waals surface area contributed by atoms with Crippen molar-refractivity contribution in [3.05, 3.63) is 51.8 Å². The van der Waals surface area contributed by atoms with Crippen LogP contribution in [0.2, 0.25) is 0 Å². The van der Waals surface area contributed by atoms with Gasteiger partial charge < -0.3 is 0 Å². The lowest BCUT2D eigenvalue weighted by molar-refractivity contribution is 0.317. The van der Waals surface area contributed by atoms with E-state index in [-0.39, 0.29) is 17.5 Å². The van der Waals surface area contributed by atoms with Crippen molar-refractivity contribution < 1.29 is 8.42 Å². The highest BCUT2D eigenvalue weighted by Crippen LogP contribution is 2.27. The molecule has 1 aromatic heterocycles. The first kappa shape index (κ1) is 19.1. The van der Waals surface area contributed by atoms with Crippen molar-refractivity contribution in [1.29, 1.82) is 0 Å². The van der Waals surface area contributed by atoms with Crippen LogP contribution in [0.5, 0.6) is 0 Å². The Morgan fingerprint density at radius 3 is 2.35 bits per heavy atom. The number of hydrogen-bond donors (Lipinski definition) is 0. The first-order valence-corrected chi connectivity index (χ1v) is 11.0. The monoisotopic (exact) mass is 375 g/mol. The third kappa shape index (κ3) is 4.18. The smallest absolute Gasteiger partial charge is 0.152 e. The molecule has 0 unspecified atom stereocenters. The predicted octanol–water partition coefficient (Wildman–Crippen LogP) is 3.11. The van der Waals surface area contributed by atoms with E-state index in [4.69, 9.17) is 0 Å². The highest BCUT2D eigenvalue weighted by Gasteiger charge is 2.31. The maximum absolute atomic E-state index is 11.8. The number of benzene rings is 1. The number of rotatable bonds is 5. The Morgan fingerprint density at radius 1 is 1.12 bits per heavy atom. The van der Waals surface area contributed by atoms with E-state index in [1.54, 1.807) is 0 Å². The van der Waals surface area contributed by atoms with Gasteiger partial charge in [-0.1, -0.05) is 29.3 Å². The van der Waals surface area contributed by atoms with Crippen molar-refractivity contribution >= 4 is 9.84 Å². The molecule has 0 saturated carbocycles. The fourth-order valence-corrected chi connectivity index (χ4v) is 5.74. The zero-order chi connectivity index (χ0) is 19.1. The first-order valence-electron chi connectivity index (χ1n) is 9.15. The maximum Gasteiger partial charge on any atom is 0.152 e. The van der Waals surface area contributed by atoms with Gasteiger partial charge in [0.2, 0.25) is 0 Å². The molecule has 5 nitrogen and oxygen atoms in total. The van der Waals surface area contributed by atoms with Crippen LogP contribution in [-0.4, -0.2) is 41.7 Å². The van der Waals surface area contributed by atoms with Crippen molar-refractivity contribution in [2.45, 2.75) is 53.2 Å². The van der Waals surface area contributed by atoms with E-state index in [9.17, 15) is 8.42 Å². The highest BCUT2D eigenvalue weighted by atomic mass is 32.2. The van der Waals surface area contributed by atoms with Crippen LogP contribution in [-0.2, 0) is 22.9 Å². The predicted molar refractivity (Wildman–Crippen MR) is 105 cm³/mol. The summed E-state index contributed by atoms with van der Waals surface area (Å²) in [6.07, 6.45) is 0.669. The Hall–Kier alpha value is -1.66. The van der Waals surface area contributed by atoms with Gasteiger partial charge in [-0.05, 0) is 46.7 Å². The summed E-state index contributed by atoms with van der Waals surface area (Å²) in [4.78, 5) is 2.29. The fourth-order valence-electron chi connectivity index (χ4n) is 4.05. The van der Waals surface area contributed by atoms with Gasteiger partial charge in [0.25, 0.3) is 0 Å². The van der Waals surface area contributed by atoms with Crippen LogP contribution >= 0.6 is 0 Å². The standard InChI is InChI=1S/C20H29N3O2S/c1-14-8-15(2)10-18(9-14)11-22(5)12-20-16(3)21-23(17(20)4)19-6-7-26(24,25)13-19/h8-10,19H,6-7,11-13H2,1-5H3/t19-/m0/s1. The van der Waals surface area contributed by atoms with Crippen LogP contribution in [0.15, 0.2) is 18.2 Å². The minimum absolute atomic E-state index is 0.0165. The van der Waals surface area contributed by atoms with Gasteiger partial charge in [-0.25, -0.2) is 8.42 Å². The molecule has 0 radical (unpaired) electrons. The van der Waals surface area contributed by atoms with Crippen molar-refractivity contribution in [2.75, 3.05) is 18.6 Å². The molecule has 0 aliphatic carbocycles. The van der Waals surface area contributed by atoms with E-state index in [0.717, 1.165) is 24.5 Å². The van der Waals surface area contributed by atoms with Gasteiger partial charge in [0.15, 0.2) is 9.84 Å². The summed E-state index contributed by atoms with van der Waals surface area (Å²) < 4.78 is 25.6. The van der Waals surface area contributed by atoms with Crippen LogP contribution in [0.1, 0.15) is 46.1 Å². The highest BCUT2D eigenvalue weighted by molar-refractivity contribution is 7.91. The normalized spacial score (nSPS) is 19.4. The number of nitrogens with zero attached hydrogens (tertiary/aromatic N) is 3. The number of sulfone groups is 1. The summed E-state index contributed by atoms with van der Waals surface area (Å²) in [5, 5.41) is 4.67. The molecule has 0 N–H and O–H groups in total. The summed E-state index contributed by atoms with van der Waals surface area (Å²) in [7, 11) is -0.788. The van der Waals surface area contributed by atoms with Crippen LogP contribution in [0.3, 0.4) is 0 Å². The zero-order valence-corrected chi connectivity index (χ0v) is 17.2. The average Bonchev–Trinajstić information content (AvgIpc) is 3.00. The van der Waals surface area contributed by atoms with Gasteiger partial charge in [0, 0.05) is 24.3 Å². The Labute approximate surface area is 156 Å². The second kappa shape index (κ2) is 7.16. The Morgan fingerprint density at radius 2 is 1.77 bits per heavy atom. The molecule has 1 aliphatic heterocycles. The lowest BCUT2D eigenvalue weighted by Gasteiger charge is -2.18. The van der Waals surface area contributed by atoms with Crippen molar-refractivity contribution in [2.24, 2.45) is 0 Å². The summed E-state index contributed by atoms with van der Waals surface area (Å²) >= 11 is 0. The SMILES string of the molecule is Cc1cc(C)cc(CN(C)Cc2c(C)nn([C@H]3CCS(=O)(=O)C3)c2C)c1. The van der Waals surface area contributed by atoms with E-state index in [1.807, 2.05) is 11.6 Å². The number of hydrogen-bond acceptors (Lipinski definition) is 4. The van der Waals surface area contributed by atoms with Gasteiger partial charge in [-0.2, -0.15) is 5.10 Å². The third-order valence-corrected chi connectivity index (χ3v) is 6.94. The minimum atomic E-state index is -2.91. The minimum Gasteiger partial charge on any atom is -0.298 e. The maximum atomic E-state index is 11.8. The molecule has 3 rings (SSSR count). The van der Waals surface area contributed by atoms with Gasteiger partial charge in [0.05, 0.1) is 23.2 Å². The topological polar surface area (TPSA) is 55.2 Å². The molecular formula is C20H29N3O2S. The second-order valence-electron chi connectivity index (χ2n) is 7.82. The molecular weight excluding hydrogens is 346 g/mol. The molecule has 142 valence electrons. The lowest BCUT2D eigenvalue weighted by atomic mass is 10.1. The van der Waals surface area contributed by atoms with E-state index in [0.29, 0.717) is 6.42 Å². The number of aromatic nitrogens is 2. The Balaban J connectivity index is 1.75. The van der Waals surface area contributed by atoms with Crippen LogP contribution in [0, 0.1) is 27.7 Å². The molecule has 1 fully saturated rings. The molecule has 0 spiro atoms. The molecule has 1 atom stereocenters. The molecule has 2 heterocycles. The second-order valence-corrected chi connectivity index (χ2v) is 10.0. The number of aryl methyl sites for hydroxylation is 3. The van der Waals surface area contributed by atoms with Crippen LogP contribution in [0.25, 0.3) is 0 Å². The fraction of sp³-hybridized carbons (Fsp3) is 0.550. The quantitative estimate of drug-likeness (QED) is 0.806. The Bertz CT molecular complexity index is 895. The summed E-state index contributed by atoms with van der Waals surface area (Å²) in [6, 6.07) is 6.64. The van der Waals surface area contributed by atoms with Crippen LogP contribution in [0.4, 0.5) is 0 Å². The van der Waals surface area contributed by atoms with E-state index >= 15 is 0 Å². The molecule has 0 bridgehead atoms. The third-order valence-electron chi connectivity index (χ3n) is 5.19. The van der Waals surface area contributed by atoms with E-state index < -0.39 is 9.84 Å². The summed E-state index contributed by atoms with van der Waals surface area (Å²) in [5.41, 5.74) is 7.19. The molecule has 2 aromatic rings. The summed E-state index contributed by atoms with van der Waals surface area (Å²) in [5.74, 6) is 0.491. The molecule has 1 aliphatic rings.